The maximum Gasteiger partial charge on any atom is 0.262 e. The molecule has 7 heteroatoms. The summed E-state index contributed by atoms with van der Waals surface area (Å²) in [5.41, 5.74) is 0.705. The monoisotopic (exact) mass is 344 g/mol. The summed E-state index contributed by atoms with van der Waals surface area (Å²) in [5.74, 6) is -1.04. The Morgan fingerprint density at radius 2 is 1.67 bits per heavy atom. The van der Waals surface area contributed by atoms with Crippen molar-refractivity contribution in [1.29, 1.82) is 0 Å². The van der Waals surface area contributed by atoms with Gasteiger partial charge in [0.15, 0.2) is 0 Å². The molecule has 3 saturated heterocycles. The van der Waals surface area contributed by atoms with Gasteiger partial charge in [-0.2, -0.15) is 0 Å². The topological polar surface area (TPSA) is 77.9 Å². The average Bonchev–Trinajstić information content (AvgIpc) is 3.03. The van der Waals surface area contributed by atoms with E-state index in [0.717, 1.165) is 4.90 Å². The van der Waals surface area contributed by atoms with Crippen molar-refractivity contribution in [3.05, 3.63) is 35.4 Å². The van der Waals surface area contributed by atoms with Gasteiger partial charge in [-0.3, -0.25) is 19.3 Å². The minimum absolute atomic E-state index is 0.156. The summed E-state index contributed by atoms with van der Waals surface area (Å²) in [4.78, 5) is 40.9. The molecule has 4 heterocycles. The van der Waals surface area contributed by atoms with E-state index in [2.05, 4.69) is 0 Å². The quantitative estimate of drug-likeness (QED) is 0.593. The number of aliphatic hydroxyl groups is 1. The van der Waals surface area contributed by atoms with Gasteiger partial charge in [-0.15, -0.1) is 11.8 Å². The van der Waals surface area contributed by atoms with Crippen molar-refractivity contribution in [2.75, 3.05) is 0 Å². The maximum absolute atomic E-state index is 12.8. The summed E-state index contributed by atoms with van der Waals surface area (Å²) in [7, 11) is 0. The summed E-state index contributed by atoms with van der Waals surface area (Å²) in [6, 6.07) is 5.33. The second-order valence-corrected chi connectivity index (χ2v) is 9.16. The molecule has 0 aliphatic carbocycles. The van der Waals surface area contributed by atoms with Crippen LogP contribution in [0.15, 0.2) is 24.3 Å². The molecule has 4 aliphatic rings. The molecule has 3 amide bonds. The fourth-order valence-corrected chi connectivity index (χ4v) is 6.55. The molecule has 124 valence electrons. The van der Waals surface area contributed by atoms with E-state index in [1.165, 1.54) is 0 Å². The number of hydrogen-bond acceptors (Lipinski definition) is 5. The number of rotatable bonds is 1. The van der Waals surface area contributed by atoms with Gasteiger partial charge >= 0.3 is 0 Å². The van der Waals surface area contributed by atoms with Gasteiger partial charge in [0.2, 0.25) is 5.91 Å². The number of carbonyl (C=O) groups is 3. The highest BCUT2D eigenvalue weighted by Crippen LogP contribution is 2.58. The summed E-state index contributed by atoms with van der Waals surface area (Å²) in [6.45, 7) is 4.04. The van der Waals surface area contributed by atoms with Crippen LogP contribution < -0.4 is 0 Å². The smallest absolute Gasteiger partial charge is 0.262 e. The number of amides is 3. The second kappa shape index (κ2) is 4.21. The first-order valence-corrected chi connectivity index (χ1v) is 8.87. The van der Waals surface area contributed by atoms with Crippen LogP contribution in [0.1, 0.15) is 34.6 Å². The number of nitrogens with zero attached hydrogens (tertiary/aromatic N) is 2. The highest BCUT2D eigenvalue weighted by atomic mass is 32.2. The van der Waals surface area contributed by atoms with E-state index < -0.39 is 24.0 Å². The Bertz CT molecular complexity index is 788. The van der Waals surface area contributed by atoms with Crippen molar-refractivity contribution in [2.24, 2.45) is 0 Å². The standard InChI is InChI=1S/C17H16N2O4S/c1-17(2)13-11(20)12(24-17)9-10(16(23)18(9)13)19-14(21)7-5-3-4-6-8(7)15(19)22/h3-6,9-13,20H,1-2H3/t9-,10+,11?,12-,13+/m1/s1. The summed E-state index contributed by atoms with van der Waals surface area (Å²) in [5, 5.41) is 10.4. The molecule has 6 nitrogen and oxygen atoms in total. The molecule has 5 rings (SSSR count). The van der Waals surface area contributed by atoms with E-state index in [4.69, 9.17) is 0 Å². The molecule has 5 atom stereocenters. The van der Waals surface area contributed by atoms with Crippen molar-refractivity contribution in [3.8, 4) is 0 Å². The van der Waals surface area contributed by atoms with Crippen LogP contribution in [0.3, 0.4) is 0 Å². The van der Waals surface area contributed by atoms with E-state index in [-0.39, 0.29) is 28.0 Å². The fraction of sp³-hybridized carbons (Fsp3) is 0.471. The molecule has 1 N–H and O–H groups in total. The first-order chi connectivity index (χ1) is 11.3. The first kappa shape index (κ1) is 14.5. The molecule has 2 bridgehead atoms. The van der Waals surface area contributed by atoms with Crippen LogP contribution in [0.5, 0.6) is 0 Å². The maximum atomic E-state index is 12.8. The van der Waals surface area contributed by atoms with Crippen LogP contribution in [0.25, 0.3) is 0 Å². The third-order valence-corrected chi connectivity index (χ3v) is 7.38. The molecule has 0 saturated carbocycles. The largest absolute Gasteiger partial charge is 0.390 e. The average molecular weight is 344 g/mol. The normalized spacial score (nSPS) is 38.5. The van der Waals surface area contributed by atoms with Crippen LogP contribution in [0.4, 0.5) is 0 Å². The van der Waals surface area contributed by atoms with Gasteiger partial charge in [0.1, 0.15) is 6.04 Å². The number of thioether (sulfide) groups is 1. The minimum atomic E-state index is -0.786. The zero-order chi connectivity index (χ0) is 17.0. The molecule has 3 fully saturated rings. The molecule has 4 aliphatic heterocycles. The number of β-lactam (4-membered cyclic amide) rings is 1. The van der Waals surface area contributed by atoms with Crippen molar-refractivity contribution in [3.63, 3.8) is 0 Å². The molecule has 0 aromatic heterocycles. The number of carbonyl (C=O) groups excluding carboxylic acids is 3. The lowest BCUT2D eigenvalue weighted by Crippen LogP contribution is -2.75. The third kappa shape index (κ3) is 1.42. The van der Waals surface area contributed by atoms with E-state index in [1.54, 1.807) is 40.9 Å². The molecule has 1 aromatic rings. The van der Waals surface area contributed by atoms with Gasteiger partial charge in [0.05, 0.1) is 34.6 Å². The predicted octanol–water partition coefficient (Wildman–Crippen LogP) is 0.499. The molecule has 1 unspecified atom stereocenters. The van der Waals surface area contributed by atoms with Crippen molar-refractivity contribution in [1.82, 2.24) is 9.80 Å². The van der Waals surface area contributed by atoms with Gasteiger partial charge < -0.3 is 10.0 Å². The SMILES string of the molecule is CC1(C)S[C@H]2C(O)[C@@H]1N1C(=O)[C@@H](N3C(=O)c4ccccc4C3=O)[C@H]21. The Kier molecular flexibility index (Phi) is 2.54. The first-order valence-electron chi connectivity index (χ1n) is 7.99. The summed E-state index contributed by atoms with van der Waals surface area (Å²) in [6.07, 6.45) is -0.612. The van der Waals surface area contributed by atoms with Gasteiger partial charge in [-0.1, -0.05) is 12.1 Å². The van der Waals surface area contributed by atoms with E-state index in [1.807, 2.05) is 13.8 Å². The Balaban J connectivity index is 1.52. The van der Waals surface area contributed by atoms with Crippen LogP contribution in [-0.2, 0) is 4.79 Å². The van der Waals surface area contributed by atoms with Gasteiger partial charge in [-0.25, -0.2) is 0 Å². The highest BCUT2D eigenvalue weighted by Gasteiger charge is 2.73. The Hall–Kier alpha value is -1.86. The third-order valence-electron chi connectivity index (χ3n) is 5.70. The van der Waals surface area contributed by atoms with Crippen LogP contribution in [0.2, 0.25) is 0 Å². The highest BCUT2D eigenvalue weighted by molar-refractivity contribution is 8.01. The summed E-state index contributed by atoms with van der Waals surface area (Å²) >= 11 is 1.65. The lowest BCUT2D eigenvalue weighted by Gasteiger charge is -2.54. The lowest BCUT2D eigenvalue weighted by atomic mass is 9.92. The van der Waals surface area contributed by atoms with Gasteiger partial charge in [0.25, 0.3) is 11.8 Å². The Morgan fingerprint density at radius 1 is 1.08 bits per heavy atom. The van der Waals surface area contributed by atoms with Crippen molar-refractivity contribution < 1.29 is 19.5 Å². The lowest BCUT2D eigenvalue weighted by molar-refractivity contribution is -0.156. The fourth-order valence-electron chi connectivity index (χ4n) is 4.75. The van der Waals surface area contributed by atoms with Crippen LogP contribution in [-0.4, -0.2) is 66.9 Å². The molecular weight excluding hydrogens is 328 g/mol. The molecule has 0 spiro atoms. The van der Waals surface area contributed by atoms with E-state index in [9.17, 15) is 19.5 Å². The summed E-state index contributed by atoms with van der Waals surface area (Å²) < 4.78 is -0.219. The van der Waals surface area contributed by atoms with Crippen molar-refractivity contribution >= 4 is 29.5 Å². The number of aliphatic hydroxyl groups excluding tert-OH is 1. The number of benzene rings is 1. The second-order valence-electron chi connectivity index (χ2n) is 7.33. The van der Waals surface area contributed by atoms with Crippen LogP contribution in [0, 0.1) is 0 Å². The molecule has 1 aromatic carbocycles. The zero-order valence-electron chi connectivity index (χ0n) is 13.2. The number of hydrogen-bond donors (Lipinski definition) is 1. The zero-order valence-corrected chi connectivity index (χ0v) is 14.0. The predicted molar refractivity (Wildman–Crippen MR) is 86.6 cm³/mol. The van der Waals surface area contributed by atoms with Crippen LogP contribution >= 0.6 is 11.8 Å². The molecule has 0 radical (unpaired) electrons. The van der Waals surface area contributed by atoms with E-state index in [0.29, 0.717) is 11.1 Å². The number of fused-ring (bicyclic) bond motifs is 6. The number of imide groups is 1. The van der Waals surface area contributed by atoms with E-state index >= 15 is 0 Å². The van der Waals surface area contributed by atoms with Gasteiger partial charge in [0, 0.05) is 4.75 Å². The molecule has 24 heavy (non-hydrogen) atoms. The van der Waals surface area contributed by atoms with Crippen molar-refractivity contribution in [2.45, 2.75) is 48.1 Å². The molecular formula is C17H16N2O4S. The van der Waals surface area contributed by atoms with Gasteiger partial charge in [-0.05, 0) is 26.0 Å². The Morgan fingerprint density at radius 3 is 2.25 bits per heavy atom. The Labute approximate surface area is 142 Å². The minimum Gasteiger partial charge on any atom is -0.390 e.